The molecule has 2 aromatic heterocycles. The zero-order valence-corrected chi connectivity index (χ0v) is 18.6. The maximum Gasteiger partial charge on any atom is 0.262 e. The third-order valence-corrected chi connectivity index (χ3v) is 6.31. The Bertz CT molecular complexity index is 1170. The van der Waals surface area contributed by atoms with E-state index < -0.39 is 0 Å². The molecule has 0 bridgehead atoms. The minimum absolute atomic E-state index is 0.194. The second kappa shape index (κ2) is 9.40. The number of hydrogen-bond acceptors (Lipinski definition) is 5. The van der Waals surface area contributed by atoms with Crippen molar-refractivity contribution >= 4 is 50.7 Å². The quantitative estimate of drug-likeness (QED) is 0.538. The Balaban J connectivity index is 1.81. The van der Waals surface area contributed by atoms with E-state index in [0.29, 0.717) is 37.9 Å². The average Bonchev–Trinajstić information content (AvgIpc) is 3.04. The standard InChI is InChI=1S/C21H23ClN4O3S/c1-4-5-8-23-19(28)18-13(3)17-20(30-18)24-11-26(21(17)29)10-16(27)25-14-7-6-12(2)15(22)9-14/h6-7,9,11H,4-5,8,10H2,1-3H3,(H,23,28)(H,25,27). The van der Waals surface area contributed by atoms with Crippen molar-refractivity contribution in [3.8, 4) is 0 Å². The second-order valence-corrected chi connectivity index (χ2v) is 8.44. The molecule has 0 fully saturated rings. The number of carbonyl (C=O) groups excluding carboxylic acids is 2. The highest BCUT2D eigenvalue weighted by molar-refractivity contribution is 7.20. The predicted molar refractivity (Wildman–Crippen MR) is 121 cm³/mol. The number of thiophene rings is 1. The van der Waals surface area contributed by atoms with Gasteiger partial charge in [0.05, 0.1) is 16.6 Å². The lowest BCUT2D eigenvalue weighted by molar-refractivity contribution is -0.116. The number of carbonyl (C=O) groups is 2. The lowest BCUT2D eigenvalue weighted by Gasteiger charge is -2.08. The van der Waals surface area contributed by atoms with Gasteiger partial charge in [-0.15, -0.1) is 11.3 Å². The molecule has 2 N–H and O–H groups in total. The van der Waals surface area contributed by atoms with Crippen LogP contribution in [0.15, 0.2) is 29.3 Å². The maximum atomic E-state index is 12.9. The summed E-state index contributed by atoms with van der Waals surface area (Å²) in [6.07, 6.45) is 3.21. The van der Waals surface area contributed by atoms with Crippen LogP contribution in [0.3, 0.4) is 0 Å². The fraction of sp³-hybridized carbons (Fsp3) is 0.333. The van der Waals surface area contributed by atoms with Crippen LogP contribution in [0, 0.1) is 13.8 Å². The Morgan fingerprint density at radius 1 is 1.27 bits per heavy atom. The van der Waals surface area contributed by atoms with Gasteiger partial charge in [0.2, 0.25) is 5.91 Å². The number of nitrogens with zero attached hydrogens (tertiary/aromatic N) is 2. The molecule has 158 valence electrons. The number of benzene rings is 1. The zero-order chi connectivity index (χ0) is 21.8. The smallest absolute Gasteiger partial charge is 0.262 e. The molecule has 7 nitrogen and oxygen atoms in total. The Hall–Kier alpha value is -2.71. The summed E-state index contributed by atoms with van der Waals surface area (Å²) >= 11 is 7.27. The summed E-state index contributed by atoms with van der Waals surface area (Å²) in [5, 5.41) is 6.51. The van der Waals surface area contributed by atoms with Gasteiger partial charge in [0.15, 0.2) is 0 Å². The number of aryl methyl sites for hydroxylation is 2. The van der Waals surface area contributed by atoms with Crippen LogP contribution in [0.1, 0.15) is 40.6 Å². The van der Waals surface area contributed by atoms with Gasteiger partial charge in [-0.3, -0.25) is 19.0 Å². The van der Waals surface area contributed by atoms with E-state index >= 15 is 0 Å². The van der Waals surface area contributed by atoms with Gasteiger partial charge in [-0.25, -0.2) is 4.98 Å². The summed E-state index contributed by atoms with van der Waals surface area (Å²) in [6, 6.07) is 5.21. The molecular weight excluding hydrogens is 424 g/mol. The van der Waals surface area contributed by atoms with E-state index in [1.807, 2.05) is 13.8 Å². The van der Waals surface area contributed by atoms with Crippen LogP contribution >= 0.6 is 22.9 Å². The first-order valence-corrected chi connectivity index (χ1v) is 10.8. The lowest BCUT2D eigenvalue weighted by atomic mass is 10.2. The highest BCUT2D eigenvalue weighted by atomic mass is 35.5. The van der Waals surface area contributed by atoms with Gasteiger partial charge >= 0.3 is 0 Å². The minimum Gasteiger partial charge on any atom is -0.351 e. The molecule has 0 saturated carbocycles. The van der Waals surface area contributed by atoms with Crippen LogP contribution in [-0.2, 0) is 11.3 Å². The summed E-state index contributed by atoms with van der Waals surface area (Å²) in [4.78, 5) is 43.0. The topological polar surface area (TPSA) is 93.1 Å². The van der Waals surface area contributed by atoms with Gasteiger partial charge in [-0.1, -0.05) is 31.0 Å². The van der Waals surface area contributed by atoms with Crippen molar-refractivity contribution in [2.24, 2.45) is 0 Å². The summed E-state index contributed by atoms with van der Waals surface area (Å²) in [5.74, 6) is -0.576. The van der Waals surface area contributed by atoms with Gasteiger partial charge in [0, 0.05) is 17.3 Å². The monoisotopic (exact) mass is 446 g/mol. The summed E-state index contributed by atoms with van der Waals surface area (Å²) in [5.41, 5.74) is 1.69. The molecule has 0 saturated heterocycles. The molecule has 30 heavy (non-hydrogen) atoms. The van der Waals surface area contributed by atoms with E-state index in [1.54, 1.807) is 25.1 Å². The highest BCUT2D eigenvalue weighted by Crippen LogP contribution is 2.26. The molecule has 0 atom stereocenters. The van der Waals surface area contributed by atoms with Crippen molar-refractivity contribution in [2.75, 3.05) is 11.9 Å². The van der Waals surface area contributed by atoms with Crippen LogP contribution in [-0.4, -0.2) is 27.9 Å². The number of hydrogen-bond donors (Lipinski definition) is 2. The Morgan fingerprint density at radius 3 is 2.73 bits per heavy atom. The minimum atomic E-state index is -0.372. The Morgan fingerprint density at radius 2 is 2.03 bits per heavy atom. The first-order chi connectivity index (χ1) is 14.3. The van der Waals surface area contributed by atoms with Crippen molar-refractivity contribution < 1.29 is 9.59 Å². The third kappa shape index (κ3) is 4.71. The molecular formula is C21H23ClN4O3S. The third-order valence-electron chi connectivity index (χ3n) is 4.71. The van der Waals surface area contributed by atoms with E-state index in [0.717, 1.165) is 18.4 Å². The number of anilines is 1. The number of aromatic nitrogens is 2. The van der Waals surface area contributed by atoms with Gasteiger partial charge < -0.3 is 10.6 Å². The molecule has 0 radical (unpaired) electrons. The normalized spacial score (nSPS) is 10.9. The fourth-order valence-corrected chi connectivity index (χ4v) is 4.21. The van der Waals surface area contributed by atoms with E-state index in [2.05, 4.69) is 15.6 Å². The SMILES string of the molecule is CCCCNC(=O)c1sc2ncn(CC(=O)Nc3ccc(C)c(Cl)c3)c(=O)c2c1C. The van der Waals surface area contributed by atoms with E-state index in [4.69, 9.17) is 11.6 Å². The Kier molecular flexibility index (Phi) is 6.89. The van der Waals surface area contributed by atoms with Crippen molar-refractivity contribution in [3.63, 3.8) is 0 Å². The number of rotatable bonds is 7. The summed E-state index contributed by atoms with van der Waals surface area (Å²) < 4.78 is 1.24. The molecule has 0 aliphatic rings. The van der Waals surface area contributed by atoms with Crippen LogP contribution in [0.25, 0.3) is 10.2 Å². The van der Waals surface area contributed by atoms with E-state index in [9.17, 15) is 14.4 Å². The molecule has 1 aromatic carbocycles. The number of fused-ring (bicyclic) bond motifs is 1. The molecule has 9 heteroatoms. The number of amides is 2. The molecule has 0 unspecified atom stereocenters. The Labute approximate surface area is 183 Å². The van der Waals surface area contributed by atoms with Crippen molar-refractivity contribution in [1.29, 1.82) is 0 Å². The summed E-state index contributed by atoms with van der Waals surface area (Å²) in [6.45, 7) is 6.04. The van der Waals surface area contributed by atoms with Gasteiger partial charge in [0.25, 0.3) is 11.5 Å². The average molecular weight is 447 g/mol. The fourth-order valence-electron chi connectivity index (χ4n) is 2.97. The van der Waals surface area contributed by atoms with Crippen LogP contribution < -0.4 is 16.2 Å². The lowest BCUT2D eigenvalue weighted by Crippen LogP contribution is -2.28. The molecule has 0 aliphatic carbocycles. The summed E-state index contributed by atoms with van der Waals surface area (Å²) in [7, 11) is 0. The molecule has 2 amide bonds. The van der Waals surface area contributed by atoms with Crippen molar-refractivity contribution in [1.82, 2.24) is 14.9 Å². The van der Waals surface area contributed by atoms with Crippen LogP contribution in [0.2, 0.25) is 5.02 Å². The van der Waals surface area contributed by atoms with Gasteiger partial charge in [-0.2, -0.15) is 0 Å². The largest absolute Gasteiger partial charge is 0.351 e. The molecule has 0 aliphatic heterocycles. The number of halogens is 1. The highest BCUT2D eigenvalue weighted by Gasteiger charge is 2.19. The molecule has 2 heterocycles. The van der Waals surface area contributed by atoms with Gasteiger partial charge in [0.1, 0.15) is 11.4 Å². The second-order valence-electron chi connectivity index (χ2n) is 7.04. The first kappa shape index (κ1) is 22.0. The van der Waals surface area contributed by atoms with Crippen LogP contribution in [0.4, 0.5) is 5.69 Å². The maximum absolute atomic E-state index is 12.9. The first-order valence-electron chi connectivity index (χ1n) is 9.64. The number of nitrogens with one attached hydrogen (secondary N) is 2. The van der Waals surface area contributed by atoms with E-state index in [1.165, 1.54) is 22.2 Å². The van der Waals surface area contributed by atoms with Crippen molar-refractivity contribution in [2.45, 2.75) is 40.2 Å². The van der Waals surface area contributed by atoms with Gasteiger partial charge in [-0.05, 0) is 43.5 Å². The molecule has 3 rings (SSSR count). The van der Waals surface area contributed by atoms with E-state index in [-0.39, 0.29) is 23.9 Å². The van der Waals surface area contributed by atoms with Crippen molar-refractivity contribution in [3.05, 3.63) is 55.9 Å². The molecule has 3 aromatic rings. The van der Waals surface area contributed by atoms with Crippen LogP contribution in [0.5, 0.6) is 0 Å². The predicted octanol–water partition coefficient (Wildman–Crippen LogP) is 3.90. The molecule has 0 spiro atoms. The number of unbranched alkanes of at least 4 members (excludes halogenated alkanes) is 1. The zero-order valence-electron chi connectivity index (χ0n) is 17.0.